The summed E-state index contributed by atoms with van der Waals surface area (Å²) in [7, 11) is 1.58. The van der Waals surface area contributed by atoms with Crippen LogP contribution in [0.15, 0.2) is 42.9 Å². The molecule has 1 aromatic carbocycles. The average Bonchev–Trinajstić information content (AvgIpc) is 3.37. The van der Waals surface area contributed by atoms with Gasteiger partial charge in [-0.25, -0.2) is 18.7 Å². The van der Waals surface area contributed by atoms with Gasteiger partial charge in [-0.3, -0.25) is 4.98 Å². The zero-order valence-corrected chi connectivity index (χ0v) is 18.3. The van der Waals surface area contributed by atoms with E-state index in [9.17, 15) is 8.78 Å². The van der Waals surface area contributed by atoms with Crippen molar-refractivity contribution in [2.24, 2.45) is 0 Å². The molecule has 0 radical (unpaired) electrons. The van der Waals surface area contributed by atoms with E-state index in [1.165, 1.54) is 6.20 Å². The third-order valence-corrected chi connectivity index (χ3v) is 6.13. The molecule has 6 nitrogen and oxygen atoms in total. The number of imidazole rings is 1. The number of hydrogen-bond acceptors (Lipinski definition) is 4. The molecule has 0 fully saturated rings. The maximum Gasteiger partial charge on any atom is 0.161 e. The second-order valence-corrected chi connectivity index (χ2v) is 8.02. The summed E-state index contributed by atoms with van der Waals surface area (Å²) in [5.74, 6) is -0.903. The lowest BCUT2D eigenvalue weighted by Gasteiger charge is -2.14. The highest BCUT2D eigenvalue weighted by Gasteiger charge is 2.23. The third-order valence-electron chi connectivity index (χ3n) is 5.35. The number of halogens is 4. The second kappa shape index (κ2) is 7.72. The second-order valence-electron chi connectivity index (χ2n) is 7.24. The average molecular weight is 474 g/mol. The predicted octanol–water partition coefficient (Wildman–Crippen LogP) is 6.18. The minimum atomic E-state index is -0.972. The van der Waals surface area contributed by atoms with Gasteiger partial charge in [-0.2, -0.15) is 0 Å². The number of H-pyrrole nitrogens is 1. The zero-order chi connectivity index (χ0) is 22.6. The van der Waals surface area contributed by atoms with E-state index in [4.69, 9.17) is 27.9 Å². The van der Waals surface area contributed by atoms with Crippen molar-refractivity contribution in [1.29, 1.82) is 0 Å². The highest BCUT2D eigenvalue weighted by molar-refractivity contribution is 6.45. The molecule has 0 bridgehead atoms. The summed E-state index contributed by atoms with van der Waals surface area (Å²) in [5.41, 5.74) is 2.58. The maximum atomic E-state index is 13.7. The molecule has 162 valence electrons. The lowest BCUT2D eigenvalue weighted by atomic mass is 10.2. The molecule has 0 aliphatic heterocycles. The Kier molecular flexibility index (Phi) is 4.98. The lowest BCUT2D eigenvalue weighted by Crippen LogP contribution is -2.08. The van der Waals surface area contributed by atoms with Gasteiger partial charge in [0.05, 0.1) is 51.5 Å². The van der Waals surface area contributed by atoms with Gasteiger partial charge in [0.1, 0.15) is 17.2 Å². The Bertz CT molecular complexity index is 1440. The maximum absolute atomic E-state index is 13.7. The molecule has 0 amide bonds. The summed E-state index contributed by atoms with van der Waals surface area (Å²) < 4.78 is 34.5. The van der Waals surface area contributed by atoms with E-state index < -0.39 is 11.6 Å². The molecule has 1 atom stereocenters. The molecular formula is C22H15Cl2F2N5O. The molecule has 10 heteroatoms. The molecule has 0 saturated heterocycles. The van der Waals surface area contributed by atoms with Gasteiger partial charge in [0.2, 0.25) is 0 Å². The molecular weight excluding hydrogens is 459 g/mol. The standard InChI is InChI=1S/C22H15Cl2F2N5O/c1-10(16-4-3-11(32-2)7-27-16)31-9-12(19-20(24)13(23)8-28-22(19)31)21-29-17-5-14(25)15(26)6-18(17)30-21/h3-10H,1-2H3,(H,29,30). The van der Waals surface area contributed by atoms with E-state index in [-0.39, 0.29) is 16.6 Å². The van der Waals surface area contributed by atoms with Crippen molar-refractivity contribution in [3.8, 4) is 17.1 Å². The lowest BCUT2D eigenvalue weighted by molar-refractivity contribution is 0.412. The van der Waals surface area contributed by atoms with Crippen molar-refractivity contribution >= 4 is 45.3 Å². The number of hydrogen-bond donors (Lipinski definition) is 1. The highest BCUT2D eigenvalue weighted by Crippen LogP contribution is 2.39. The van der Waals surface area contributed by atoms with Crippen LogP contribution in [0.25, 0.3) is 33.5 Å². The Morgan fingerprint density at radius 2 is 1.88 bits per heavy atom. The third kappa shape index (κ3) is 3.27. The Morgan fingerprint density at radius 3 is 2.59 bits per heavy atom. The Hall–Kier alpha value is -3.23. The van der Waals surface area contributed by atoms with Crippen molar-refractivity contribution in [2.45, 2.75) is 13.0 Å². The van der Waals surface area contributed by atoms with Crippen LogP contribution < -0.4 is 4.74 Å². The fourth-order valence-corrected chi connectivity index (χ4v) is 4.04. The zero-order valence-electron chi connectivity index (χ0n) is 16.8. The molecule has 4 heterocycles. The van der Waals surface area contributed by atoms with Gasteiger partial charge in [-0.05, 0) is 19.1 Å². The van der Waals surface area contributed by atoms with Gasteiger partial charge in [0.15, 0.2) is 11.6 Å². The summed E-state index contributed by atoms with van der Waals surface area (Å²) in [6, 6.07) is 5.57. The van der Waals surface area contributed by atoms with Crippen LogP contribution in [-0.4, -0.2) is 31.6 Å². The minimum absolute atomic E-state index is 0.221. The quantitative estimate of drug-likeness (QED) is 0.338. The van der Waals surface area contributed by atoms with Crippen LogP contribution >= 0.6 is 23.2 Å². The number of ether oxygens (including phenoxy) is 1. The van der Waals surface area contributed by atoms with E-state index in [2.05, 4.69) is 19.9 Å². The molecule has 0 aliphatic carbocycles. The van der Waals surface area contributed by atoms with Gasteiger partial charge in [0, 0.05) is 30.1 Å². The normalized spacial score (nSPS) is 12.6. The number of nitrogens with one attached hydrogen (secondary N) is 1. The molecule has 1 unspecified atom stereocenters. The summed E-state index contributed by atoms with van der Waals surface area (Å²) in [6.07, 6.45) is 4.93. The SMILES string of the molecule is COc1ccc(C(C)n2cc(-c3nc4cc(F)c(F)cc4[nH]3)c3c(Cl)c(Cl)cnc32)nc1. The minimum Gasteiger partial charge on any atom is -0.495 e. The largest absolute Gasteiger partial charge is 0.495 e. The summed E-state index contributed by atoms with van der Waals surface area (Å²) >= 11 is 12.8. The number of benzene rings is 1. The van der Waals surface area contributed by atoms with E-state index in [1.54, 1.807) is 13.3 Å². The first-order valence-corrected chi connectivity index (χ1v) is 10.3. The van der Waals surface area contributed by atoms with Gasteiger partial charge in [0.25, 0.3) is 0 Å². The van der Waals surface area contributed by atoms with Crippen LogP contribution in [0.2, 0.25) is 10.0 Å². The summed E-state index contributed by atoms with van der Waals surface area (Å²) in [4.78, 5) is 16.4. The summed E-state index contributed by atoms with van der Waals surface area (Å²) in [5, 5.41) is 1.15. The van der Waals surface area contributed by atoms with Gasteiger partial charge < -0.3 is 14.3 Å². The molecule has 0 aliphatic rings. The van der Waals surface area contributed by atoms with Crippen LogP contribution in [0.3, 0.4) is 0 Å². The van der Waals surface area contributed by atoms with E-state index in [0.717, 1.165) is 17.8 Å². The Labute approximate surface area is 190 Å². The predicted molar refractivity (Wildman–Crippen MR) is 119 cm³/mol. The fraction of sp³-hybridized carbons (Fsp3) is 0.136. The number of pyridine rings is 2. The smallest absolute Gasteiger partial charge is 0.161 e. The van der Waals surface area contributed by atoms with Crippen molar-refractivity contribution in [1.82, 2.24) is 24.5 Å². The fourth-order valence-electron chi connectivity index (χ4n) is 3.67. The number of nitrogens with zero attached hydrogens (tertiary/aromatic N) is 4. The first-order valence-electron chi connectivity index (χ1n) is 9.57. The van der Waals surface area contributed by atoms with Crippen molar-refractivity contribution in [2.75, 3.05) is 7.11 Å². The number of rotatable bonds is 4. The molecule has 5 rings (SSSR count). The Balaban J connectivity index is 1.72. The monoisotopic (exact) mass is 473 g/mol. The summed E-state index contributed by atoms with van der Waals surface area (Å²) in [6.45, 7) is 1.96. The van der Waals surface area contributed by atoms with Gasteiger partial charge >= 0.3 is 0 Å². The first-order chi connectivity index (χ1) is 15.4. The highest BCUT2D eigenvalue weighted by atomic mass is 35.5. The molecule has 32 heavy (non-hydrogen) atoms. The van der Waals surface area contributed by atoms with E-state index in [1.807, 2.05) is 29.8 Å². The Morgan fingerprint density at radius 1 is 1.09 bits per heavy atom. The molecule has 5 aromatic rings. The van der Waals surface area contributed by atoms with Crippen LogP contribution in [0.5, 0.6) is 5.75 Å². The number of fused-ring (bicyclic) bond motifs is 2. The van der Waals surface area contributed by atoms with Crippen molar-refractivity contribution < 1.29 is 13.5 Å². The van der Waals surface area contributed by atoms with E-state index >= 15 is 0 Å². The molecule has 4 aromatic heterocycles. The molecule has 0 spiro atoms. The van der Waals surface area contributed by atoms with Crippen molar-refractivity contribution in [3.63, 3.8) is 0 Å². The number of aromatic amines is 1. The van der Waals surface area contributed by atoms with Crippen LogP contribution in [0.4, 0.5) is 8.78 Å². The van der Waals surface area contributed by atoms with E-state index in [0.29, 0.717) is 38.7 Å². The van der Waals surface area contributed by atoms with Crippen molar-refractivity contribution in [3.05, 3.63) is 70.2 Å². The molecule has 1 N–H and O–H groups in total. The van der Waals surface area contributed by atoms with Gasteiger partial charge in [-0.1, -0.05) is 23.2 Å². The number of methoxy groups -OCH3 is 1. The topological polar surface area (TPSA) is 68.6 Å². The van der Waals surface area contributed by atoms with Crippen LogP contribution in [0.1, 0.15) is 18.7 Å². The van der Waals surface area contributed by atoms with Crippen LogP contribution in [0, 0.1) is 11.6 Å². The van der Waals surface area contributed by atoms with Gasteiger partial charge in [-0.15, -0.1) is 0 Å². The first kappa shape index (κ1) is 20.7. The number of aromatic nitrogens is 5. The molecule has 0 saturated carbocycles. The van der Waals surface area contributed by atoms with Crippen LogP contribution in [-0.2, 0) is 0 Å².